The number of pyridine rings is 2. The molecule has 1 aliphatic carbocycles. The van der Waals surface area contributed by atoms with Crippen molar-refractivity contribution in [3.63, 3.8) is 0 Å². The van der Waals surface area contributed by atoms with Crippen LogP contribution in [0.2, 0.25) is 0 Å². The van der Waals surface area contributed by atoms with E-state index in [2.05, 4.69) is 20.5 Å². The maximum Gasteiger partial charge on any atom is 0.211 e. The number of hydrogen-bond acceptors (Lipinski definition) is 9. The summed E-state index contributed by atoms with van der Waals surface area (Å²) < 4.78 is 16.4. The fourth-order valence-electron chi connectivity index (χ4n) is 4.21. The first-order valence-electron chi connectivity index (χ1n) is 10.9. The van der Waals surface area contributed by atoms with Crippen molar-refractivity contribution in [2.45, 2.75) is 31.6 Å². The number of fused-ring (bicyclic) bond motifs is 1. The Hall–Kier alpha value is -3.46. The molecule has 8 nitrogen and oxygen atoms in total. The zero-order chi connectivity index (χ0) is 22.8. The maximum atomic E-state index is 5.49. The number of benzene rings is 1. The molecule has 0 amide bonds. The van der Waals surface area contributed by atoms with Crippen LogP contribution in [0.15, 0.2) is 36.5 Å². The Labute approximate surface area is 196 Å². The quantitative estimate of drug-likeness (QED) is 0.380. The van der Waals surface area contributed by atoms with Crippen LogP contribution in [0.3, 0.4) is 0 Å². The fraction of sp³-hybridized carbons (Fsp3) is 0.333. The molecule has 1 aliphatic rings. The van der Waals surface area contributed by atoms with Gasteiger partial charge in [0, 0.05) is 17.7 Å². The van der Waals surface area contributed by atoms with E-state index < -0.39 is 0 Å². The molecular formula is C24H25N5O3S. The van der Waals surface area contributed by atoms with Gasteiger partial charge in [0.2, 0.25) is 10.9 Å². The Bertz CT molecular complexity index is 1260. The van der Waals surface area contributed by atoms with Crippen molar-refractivity contribution in [3.05, 3.63) is 41.5 Å². The number of nitrogens with zero attached hydrogens (tertiary/aromatic N) is 4. The van der Waals surface area contributed by atoms with E-state index in [-0.39, 0.29) is 0 Å². The van der Waals surface area contributed by atoms with Crippen molar-refractivity contribution in [1.82, 2.24) is 20.2 Å². The van der Waals surface area contributed by atoms with Crippen LogP contribution in [-0.4, -0.2) is 41.5 Å². The van der Waals surface area contributed by atoms with Crippen molar-refractivity contribution in [1.29, 1.82) is 0 Å². The standard InChI is InChI=1S/C24H25N5O3S/c1-30-19-11-15(12-20(31-2)22(19)32-3)16-10-18-17(25-13-16)8-9-21(26-18)27-24-29-28-23(33-24)14-6-4-5-7-14/h8-14H,4-7H2,1-3H3,(H,26,27,29). The van der Waals surface area contributed by atoms with E-state index in [4.69, 9.17) is 19.2 Å². The largest absolute Gasteiger partial charge is 0.493 e. The summed E-state index contributed by atoms with van der Waals surface area (Å²) in [4.78, 5) is 9.35. The average molecular weight is 464 g/mol. The van der Waals surface area contributed by atoms with Crippen molar-refractivity contribution in [3.8, 4) is 28.4 Å². The molecule has 0 spiro atoms. The van der Waals surface area contributed by atoms with Gasteiger partial charge >= 0.3 is 0 Å². The van der Waals surface area contributed by atoms with Gasteiger partial charge in [0.1, 0.15) is 10.8 Å². The molecule has 9 heteroatoms. The molecule has 5 rings (SSSR count). The summed E-state index contributed by atoms with van der Waals surface area (Å²) in [6.45, 7) is 0. The van der Waals surface area contributed by atoms with Crippen LogP contribution < -0.4 is 19.5 Å². The number of rotatable bonds is 7. The first-order valence-corrected chi connectivity index (χ1v) is 11.7. The number of nitrogens with one attached hydrogen (secondary N) is 1. The lowest BCUT2D eigenvalue weighted by Crippen LogP contribution is -1.96. The molecule has 3 aromatic heterocycles. The SMILES string of the molecule is COc1cc(-c2cnc3ccc(Nc4nnc(C5CCCC5)s4)nc3c2)cc(OC)c1OC. The minimum atomic E-state index is 0.549. The van der Waals surface area contributed by atoms with E-state index in [0.717, 1.165) is 32.3 Å². The van der Waals surface area contributed by atoms with Gasteiger partial charge < -0.3 is 19.5 Å². The summed E-state index contributed by atoms with van der Waals surface area (Å²) in [5.41, 5.74) is 3.36. The summed E-state index contributed by atoms with van der Waals surface area (Å²) in [5, 5.41) is 13.9. The molecule has 0 unspecified atom stereocenters. The second-order valence-corrected chi connectivity index (χ2v) is 8.93. The van der Waals surface area contributed by atoms with Crippen LogP contribution in [0.4, 0.5) is 10.9 Å². The molecule has 3 heterocycles. The van der Waals surface area contributed by atoms with E-state index in [0.29, 0.717) is 29.0 Å². The molecule has 1 fully saturated rings. The topological polar surface area (TPSA) is 91.3 Å². The van der Waals surface area contributed by atoms with E-state index >= 15 is 0 Å². The van der Waals surface area contributed by atoms with Crippen molar-refractivity contribution < 1.29 is 14.2 Å². The first-order chi connectivity index (χ1) is 16.2. The monoisotopic (exact) mass is 463 g/mol. The van der Waals surface area contributed by atoms with Gasteiger partial charge in [0.25, 0.3) is 0 Å². The van der Waals surface area contributed by atoms with Crippen LogP contribution >= 0.6 is 11.3 Å². The molecule has 0 bridgehead atoms. The number of anilines is 2. The van der Waals surface area contributed by atoms with Gasteiger partial charge in [-0.2, -0.15) is 0 Å². The predicted octanol–water partition coefficient (Wildman–Crippen LogP) is 5.58. The summed E-state index contributed by atoms with van der Waals surface area (Å²) in [6, 6.07) is 9.65. The smallest absolute Gasteiger partial charge is 0.211 e. The summed E-state index contributed by atoms with van der Waals surface area (Å²) in [6.07, 6.45) is 6.79. The Morgan fingerprint density at radius 1 is 0.879 bits per heavy atom. The summed E-state index contributed by atoms with van der Waals surface area (Å²) in [5.74, 6) is 2.98. The third kappa shape index (κ3) is 4.28. The van der Waals surface area contributed by atoms with E-state index in [1.807, 2.05) is 36.5 Å². The second kappa shape index (κ2) is 9.19. The van der Waals surface area contributed by atoms with Gasteiger partial charge in [-0.05, 0) is 48.7 Å². The predicted molar refractivity (Wildman–Crippen MR) is 129 cm³/mol. The van der Waals surface area contributed by atoms with Crippen molar-refractivity contribution >= 4 is 33.3 Å². The molecule has 0 aliphatic heterocycles. The molecule has 4 aromatic rings. The highest BCUT2D eigenvalue weighted by molar-refractivity contribution is 7.15. The van der Waals surface area contributed by atoms with Crippen LogP contribution in [0.25, 0.3) is 22.2 Å². The molecule has 0 saturated heterocycles. The summed E-state index contributed by atoms with van der Waals surface area (Å²) in [7, 11) is 4.79. The number of ether oxygens (including phenoxy) is 3. The third-order valence-electron chi connectivity index (χ3n) is 5.92. The zero-order valence-electron chi connectivity index (χ0n) is 18.8. The molecule has 0 radical (unpaired) electrons. The Balaban J connectivity index is 1.45. The van der Waals surface area contributed by atoms with Crippen molar-refractivity contribution in [2.75, 3.05) is 26.6 Å². The third-order valence-corrected chi connectivity index (χ3v) is 6.92. The lowest BCUT2D eigenvalue weighted by molar-refractivity contribution is 0.324. The van der Waals surface area contributed by atoms with Crippen LogP contribution in [0.1, 0.15) is 36.6 Å². The van der Waals surface area contributed by atoms with Crippen LogP contribution in [-0.2, 0) is 0 Å². The highest BCUT2D eigenvalue weighted by Crippen LogP contribution is 2.41. The van der Waals surface area contributed by atoms with E-state index in [1.165, 1.54) is 25.7 Å². The molecular weight excluding hydrogens is 438 g/mol. The minimum absolute atomic E-state index is 0.549. The van der Waals surface area contributed by atoms with Gasteiger partial charge in [-0.1, -0.05) is 24.2 Å². The maximum absolute atomic E-state index is 5.49. The van der Waals surface area contributed by atoms with Gasteiger partial charge in [0.15, 0.2) is 11.5 Å². The lowest BCUT2D eigenvalue weighted by Gasteiger charge is -2.14. The van der Waals surface area contributed by atoms with Gasteiger partial charge in [-0.15, -0.1) is 10.2 Å². The van der Waals surface area contributed by atoms with E-state index in [1.54, 1.807) is 32.7 Å². The number of aromatic nitrogens is 4. The molecule has 0 atom stereocenters. The second-order valence-electron chi connectivity index (χ2n) is 7.92. The molecule has 33 heavy (non-hydrogen) atoms. The minimum Gasteiger partial charge on any atom is -0.493 e. The number of hydrogen-bond donors (Lipinski definition) is 1. The summed E-state index contributed by atoms with van der Waals surface area (Å²) >= 11 is 1.61. The first kappa shape index (κ1) is 21.4. The van der Waals surface area contributed by atoms with Crippen molar-refractivity contribution in [2.24, 2.45) is 0 Å². The molecule has 170 valence electrons. The number of methoxy groups -OCH3 is 3. The molecule has 1 aromatic carbocycles. The van der Waals surface area contributed by atoms with Gasteiger partial charge in [-0.3, -0.25) is 4.98 Å². The highest BCUT2D eigenvalue weighted by Gasteiger charge is 2.21. The van der Waals surface area contributed by atoms with Crippen LogP contribution in [0, 0.1) is 0 Å². The fourth-order valence-corrected chi connectivity index (χ4v) is 5.13. The van der Waals surface area contributed by atoms with Crippen LogP contribution in [0.5, 0.6) is 17.2 Å². The Kier molecular flexibility index (Phi) is 5.95. The van der Waals surface area contributed by atoms with E-state index in [9.17, 15) is 0 Å². The van der Waals surface area contributed by atoms with Gasteiger partial charge in [0.05, 0.1) is 32.4 Å². The Morgan fingerprint density at radius 2 is 1.64 bits per heavy atom. The Morgan fingerprint density at radius 3 is 2.33 bits per heavy atom. The zero-order valence-corrected chi connectivity index (χ0v) is 19.6. The average Bonchev–Trinajstić information content (AvgIpc) is 3.55. The normalized spacial score (nSPS) is 13.9. The molecule has 1 N–H and O–H groups in total. The van der Waals surface area contributed by atoms with Gasteiger partial charge in [-0.25, -0.2) is 4.98 Å². The molecule has 1 saturated carbocycles. The highest BCUT2D eigenvalue weighted by atomic mass is 32.1. The lowest BCUT2D eigenvalue weighted by atomic mass is 10.1.